The van der Waals surface area contributed by atoms with Crippen molar-refractivity contribution in [2.75, 3.05) is 6.54 Å². The van der Waals surface area contributed by atoms with E-state index in [1.54, 1.807) is 0 Å². The van der Waals surface area contributed by atoms with Gasteiger partial charge in [0, 0.05) is 36.4 Å². The fourth-order valence-corrected chi connectivity index (χ4v) is 4.46. The maximum Gasteiger partial charge on any atom is 0.0759 e. The highest BCUT2D eigenvalue weighted by Crippen LogP contribution is 2.34. The van der Waals surface area contributed by atoms with Crippen molar-refractivity contribution in [3.05, 3.63) is 81.3 Å². The largest absolute Gasteiger partial charge is 0.350 e. The van der Waals surface area contributed by atoms with Crippen molar-refractivity contribution >= 4 is 11.3 Å². The summed E-state index contributed by atoms with van der Waals surface area (Å²) in [6.07, 6.45) is 3.44. The van der Waals surface area contributed by atoms with Crippen molar-refractivity contribution in [2.45, 2.75) is 39.4 Å². The predicted octanol–water partition coefficient (Wildman–Crippen LogP) is 5.16. The number of rotatable bonds is 3. The average Bonchev–Trinajstić information content (AvgIpc) is 3.21. The first-order valence-corrected chi connectivity index (χ1v) is 9.59. The van der Waals surface area contributed by atoms with Crippen molar-refractivity contribution in [2.24, 2.45) is 0 Å². The molecule has 3 heterocycles. The van der Waals surface area contributed by atoms with Crippen LogP contribution in [0.15, 0.2) is 54.0 Å². The minimum atomic E-state index is 0.337. The third kappa shape index (κ3) is 2.94. The number of fused-ring (bicyclic) bond motifs is 1. The summed E-state index contributed by atoms with van der Waals surface area (Å²) in [5.41, 5.74) is 5.59. The molecule has 0 unspecified atom stereocenters. The van der Waals surface area contributed by atoms with E-state index in [4.69, 9.17) is 0 Å². The third-order valence-corrected chi connectivity index (χ3v) is 6.00. The lowest BCUT2D eigenvalue weighted by atomic mass is 9.97. The second-order valence-electron chi connectivity index (χ2n) is 6.78. The van der Waals surface area contributed by atoms with Gasteiger partial charge in [0.25, 0.3) is 0 Å². The van der Waals surface area contributed by atoms with E-state index in [0.29, 0.717) is 6.04 Å². The molecule has 124 valence electrons. The second-order valence-corrected chi connectivity index (χ2v) is 7.81. The Labute approximate surface area is 148 Å². The van der Waals surface area contributed by atoms with Crippen LogP contribution in [0.25, 0.3) is 0 Å². The molecule has 0 radical (unpaired) electrons. The van der Waals surface area contributed by atoms with Crippen molar-refractivity contribution in [1.29, 1.82) is 0 Å². The van der Waals surface area contributed by atoms with Crippen molar-refractivity contribution in [3.63, 3.8) is 0 Å². The van der Waals surface area contributed by atoms with Crippen LogP contribution in [0.1, 0.15) is 39.7 Å². The highest BCUT2D eigenvalue weighted by molar-refractivity contribution is 7.09. The Balaban J connectivity index is 1.77. The summed E-state index contributed by atoms with van der Waals surface area (Å²) in [5.74, 6) is 0. The number of thiophene rings is 1. The summed E-state index contributed by atoms with van der Waals surface area (Å²) in [6.45, 7) is 7.69. The molecule has 0 aliphatic carbocycles. The van der Waals surface area contributed by atoms with Gasteiger partial charge in [0.2, 0.25) is 0 Å². The van der Waals surface area contributed by atoms with Gasteiger partial charge in [0.15, 0.2) is 0 Å². The first kappa shape index (κ1) is 15.7. The Morgan fingerprint density at radius 2 is 1.96 bits per heavy atom. The molecule has 24 heavy (non-hydrogen) atoms. The molecule has 0 amide bonds. The van der Waals surface area contributed by atoms with Crippen molar-refractivity contribution in [1.82, 2.24) is 9.47 Å². The molecule has 0 saturated carbocycles. The number of hydrogen-bond acceptors (Lipinski definition) is 2. The Morgan fingerprint density at radius 1 is 1.04 bits per heavy atom. The zero-order valence-corrected chi connectivity index (χ0v) is 15.2. The van der Waals surface area contributed by atoms with Crippen LogP contribution in [-0.4, -0.2) is 16.0 Å². The van der Waals surface area contributed by atoms with E-state index in [2.05, 4.69) is 77.4 Å². The second kappa shape index (κ2) is 6.58. The van der Waals surface area contributed by atoms with E-state index >= 15 is 0 Å². The van der Waals surface area contributed by atoms with Crippen molar-refractivity contribution in [3.8, 4) is 0 Å². The van der Waals surface area contributed by atoms with Crippen LogP contribution < -0.4 is 0 Å². The highest BCUT2D eigenvalue weighted by atomic mass is 32.1. The van der Waals surface area contributed by atoms with Crippen LogP contribution in [0.2, 0.25) is 0 Å². The van der Waals surface area contributed by atoms with Crippen LogP contribution in [0.3, 0.4) is 0 Å². The van der Waals surface area contributed by atoms with Crippen LogP contribution >= 0.6 is 11.3 Å². The molecule has 2 nitrogen and oxygen atoms in total. The van der Waals surface area contributed by atoms with Gasteiger partial charge in [-0.25, -0.2) is 0 Å². The van der Waals surface area contributed by atoms with Crippen LogP contribution in [-0.2, 0) is 13.1 Å². The molecular weight excluding hydrogens is 312 g/mol. The van der Waals surface area contributed by atoms with E-state index < -0.39 is 0 Å². The Morgan fingerprint density at radius 3 is 2.75 bits per heavy atom. The van der Waals surface area contributed by atoms with Gasteiger partial charge in [0.05, 0.1) is 6.04 Å². The van der Waals surface area contributed by atoms with Gasteiger partial charge in [-0.15, -0.1) is 11.3 Å². The fourth-order valence-electron chi connectivity index (χ4n) is 3.73. The summed E-state index contributed by atoms with van der Waals surface area (Å²) in [6, 6.07) is 16.2. The lowest BCUT2D eigenvalue weighted by molar-refractivity contribution is 0.222. The standard InChI is InChI=1S/C21H24N2S/c1-16-8-9-18(14-17(16)2)21-20-7-3-10-22(20)11-5-12-23(21)15-19-6-4-13-24-19/h3-4,6-10,13-14,21H,5,11-12,15H2,1-2H3/t21-/m0/s1. The number of hydrogen-bond donors (Lipinski definition) is 0. The molecule has 0 bridgehead atoms. The van der Waals surface area contributed by atoms with Gasteiger partial charge < -0.3 is 4.57 Å². The lowest BCUT2D eigenvalue weighted by Crippen LogP contribution is -2.29. The van der Waals surface area contributed by atoms with E-state index in [1.165, 1.54) is 33.7 Å². The van der Waals surface area contributed by atoms with Gasteiger partial charge in [-0.1, -0.05) is 24.3 Å². The first-order valence-electron chi connectivity index (χ1n) is 8.71. The normalized spacial score (nSPS) is 18.3. The topological polar surface area (TPSA) is 8.17 Å². The van der Waals surface area contributed by atoms with E-state index in [9.17, 15) is 0 Å². The number of nitrogens with zero attached hydrogens (tertiary/aromatic N) is 2. The quantitative estimate of drug-likeness (QED) is 0.641. The average molecular weight is 337 g/mol. The maximum absolute atomic E-state index is 2.65. The Hall–Kier alpha value is -1.84. The van der Waals surface area contributed by atoms with Crippen LogP contribution in [0, 0.1) is 13.8 Å². The van der Waals surface area contributed by atoms with E-state index in [1.807, 2.05) is 11.3 Å². The number of aromatic nitrogens is 1. The molecular formula is C21H24N2S. The Bertz CT molecular complexity index is 816. The SMILES string of the molecule is Cc1ccc([C@H]2c3cccn3CCCN2Cc2cccs2)cc1C. The summed E-state index contributed by atoms with van der Waals surface area (Å²) >= 11 is 1.86. The molecule has 0 fully saturated rings. The molecule has 1 aromatic carbocycles. The van der Waals surface area contributed by atoms with Gasteiger partial charge in [-0.3, -0.25) is 4.90 Å². The van der Waals surface area contributed by atoms with Gasteiger partial charge in [-0.2, -0.15) is 0 Å². The molecule has 3 aromatic rings. The maximum atomic E-state index is 2.65. The summed E-state index contributed by atoms with van der Waals surface area (Å²) in [4.78, 5) is 4.10. The Kier molecular flexibility index (Phi) is 4.30. The smallest absolute Gasteiger partial charge is 0.0759 e. The molecule has 1 atom stereocenters. The summed E-state index contributed by atoms with van der Waals surface area (Å²) in [7, 11) is 0. The molecule has 0 saturated heterocycles. The van der Waals surface area contributed by atoms with E-state index in [-0.39, 0.29) is 0 Å². The van der Waals surface area contributed by atoms with Gasteiger partial charge >= 0.3 is 0 Å². The molecule has 4 rings (SSSR count). The molecule has 0 N–H and O–H groups in total. The number of benzene rings is 1. The minimum Gasteiger partial charge on any atom is -0.350 e. The third-order valence-electron chi connectivity index (χ3n) is 5.14. The molecule has 0 spiro atoms. The van der Waals surface area contributed by atoms with Crippen LogP contribution in [0.4, 0.5) is 0 Å². The van der Waals surface area contributed by atoms with E-state index in [0.717, 1.165) is 19.6 Å². The monoisotopic (exact) mass is 336 g/mol. The molecule has 3 heteroatoms. The van der Waals surface area contributed by atoms with Crippen molar-refractivity contribution < 1.29 is 0 Å². The number of aryl methyl sites for hydroxylation is 3. The molecule has 2 aromatic heterocycles. The summed E-state index contributed by atoms with van der Waals surface area (Å²) in [5, 5.41) is 2.18. The zero-order valence-electron chi connectivity index (χ0n) is 14.4. The first-order chi connectivity index (χ1) is 11.7. The molecule has 1 aliphatic rings. The fraction of sp³-hybridized carbons (Fsp3) is 0.333. The predicted molar refractivity (Wildman–Crippen MR) is 102 cm³/mol. The summed E-state index contributed by atoms with van der Waals surface area (Å²) < 4.78 is 2.44. The van der Waals surface area contributed by atoms with Gasteiger partial charge in [-0.05, 0) is 60.5 Å². The van der Waals surface area contributed by atoms with Gasteiger partial charge in [0.1, 0.15) is 0 Å². The lowest BCUT2D eigenvalue weighted by Gasteiger charge is -2.30. The zero-order chi connectivity index (χ0) is 16.5. The highest BCUT2D eigenvalue weighted by Gasteiger charge is 2.27. The minimum absolute atomic E-state index is 0.337. The van der Waals surface area contributed by atoms with Crippen LogP contribution in [0.5, 0.6) is 0 Å². The molecule has 1 aliphatic heterocycles.